The first-order valence-corrected chi connectivity index (χ1v) is 13.2. The molecule has 0 amide bonds. The van der Waals surface area contributed by atoms with E-state index in [0.29, 0.717) is 0 Å². The van der Waals surface area contributed by atoms with E-state index in [1.54, 1.807) is 0 Å². The van der Waals surface area contributed by atoms with E-state index in [-0.39, 0.29) is 0 Å². The highest BCUT2D eigenvalue weighted by Gasteiger charge is 2.17. The predicted octanol–water partition coefficient (Wildman–Crippen LogP) is 12.6. The van der Waals surface area contributed by atoms with Crippen LogP contribution in [-0.4, -0.2) is 0 Å². The Morgan fingerprint density at radius 1 is 0.333 bits per heavy atom. The van der Waals surface area contributed by atoms with Crippen LogP contribution in [0.25, 0.3) is 88.0 Å². The summed E-state index contributed by atoms with van der Waals surface area (Å²) in [4.78, 5) is 0. The van der Waals surface area contributed by atoms with Crippen LogP contribution in [-0.2, 0) is 0 Å². The molecule has 9 aromatic rings. The van der Waals surface area contributed by atoms with Crippen LogP contribution >= 0.6 is 0 Å². The molecule has 1 nitrogen and oxygen atoms in total. The second kappa shape index (κ2) is 10.4. The van der Waals surface area contributed by atoms with E-state index in [1.807, 2.05) is 0 Å². The molecule has 1 aromatic heterocycles. The van der Waals surface area contributed by atoms with Crippen molar-refractivity contribution < 1.29 is 42.8 Å². The van der Waals surface area contributed by atoms with Crippen molar-refractivity contribution in [1.82, 2.24) is 0 Å². The minimum Gasteiger partial charge on any atom is -0.456 e. The molecule has 0 atom stereocenters. The Bertz CT molecular complexity index is 3980. The monoisotopic (exact) mass is 600 g/mol. The van der Waals surface area contributed by atoms with E-state index < -0.39 is 257 Å². The number of furan rings is 1. The molecule has 0 aliphatic carbocycles. The van der Waals surface area contributed by atoms with E-state index in [4.69, 9.17) is 30.5 Å². The van der Waals surface area contributed by atoms with E-state index in [2.05, 4.69) is 0 Å². The van der Waals surface area contributed by atoms with Gasteiger partial charge in [0.25, 0.3) is 0 Å². The molecule has 0 aliphatic heterocycles. The Balaban J connectivity index is 1.55. The fourth-order valence-corrected chi connectivity index (χ4v) is 5.23. The molecule has 0 bridgehead atoms. The number of benzene rings is 8. The summed E-state index contributed by atoms with van der Waals surface area (Å²) in [6, 6.07) is -26.8. The van der Waals surface area contributed by atoms with E-state index >= 15 is 0 Å². The molecular formula is C44H28O. The molecule has 0 unspecified atom stereocenters. The molecule has 0 fully saturated rings. The summed E-state index contributed by atoms with van der Waals surface area (Å²) >= 11 is 0. The maximum Gasteiger partial charge on any atom is 0.136 e. The molecule has 0 radical (unpaired) electrons. The molecule has 0 saturated heterocycles. The SMILES string of the molecule is [2H]c1c([2H])c([2H])c(-c2c3c([2H])c([2H])c([2H])c([2H])c3c(-c3c([2H])c([2H])c([2H])c(-c4c([2H])c([2H])c5oc6c([2H])c([2H])c([2H])c(-c7c([2H])c([2H])c([2H])c([2H])c7[2H])c6c5c4[2H])c3[2H])c3c([2H])c([2H])c([2H])c([2H])c23)c([2H])c1[2H]. The molecular weight excluding hydrogens is 544 g/mol. The van der Waals surface area contributed by atoms with Crippen LogP contribution in [0, 0.1) is 0 Å². The molecule has 210 valence electrons. The van der Waals surface area contributed by atoms with Gasteiger partial charge < -0.3 is 4.42 Å². The lowest BCUT2D eigenvalue weighted by atomic mass is 9.85. The Labute approximate surface area is 301 Å². The summed E-state index contributed by atoms with van der Waals surface area (Å²) in [5, 5.41) is -4.11. The van der Waals surface area contributed by atoms with Gasteiger partial charge in [-0.2, -0.15) is 0 Å². The van der Waals surface area contributed by atoms with Crippen molar-refractivity contribution in [2.24, 2.45) is 0 Å². The molecule has 8 aromatic carbocycles. The van der Waals surface area contributed by atoms with E-state index in [9.17, 15) is 12.3 Å². The quantitative estimate of drug-likeness (QED) is 0.183. The van der Waals surface area contributed by atoms with Gasteiger partial charge >= 0.3 is 0 Å². The van der Waals surface area contributed by atoms with Crippen LogP contribution in [0.4, 0.5) is 0 Å². The van der Waals surface area contributed by atoms with Gasteiger partial charge in [-0.3, -0.25) is 0 Å². The van der Waals surface area contributed by atoms with Gasteiger partial charge in [0.05, 0.1) is 38.4 Å². The molecule has 0 aliphatic rings. The van der Waals surface area contributed by atoms with Crippen LogP contribution in [0.2, 0.25) is 0 Å². The Kier molecular flexibility index (Phi) is 2.32. The van der Waals surface area contributed by atoms with Crippen molar-refractivity contribution in [3.63, 3.8) is 0 Å². The number of rotatable bonds is 4. The average molecular weight is 601 g/mol. The average Bonchev–Trinajstić information content (AvgIpc) is 3.76. The number of fused-ring (bicyclic) bond motifs is 5. The first-order chi connectivity index (χ1) is 34.0. The van der Waals surface area contributed by atoms with Crippen molar-refractivity contribution in [2.75, 3.05) is 0 Å². The predicted molar refractivity (Wildman–Crippen MR) is 190 cm³/mol. The van der Waals surface area contributed by atoms with Crippen LogP contribution < -0.4 is 0 Å². The Morgan fingerprint density at radius 2 is 0.844 bits per heavy atom. The van der Waals surface area contributed by atoms with Gasteiger partial charge in [0.15, 0.2) is 0 Å². The minimum absolute atomic E-state index is 0.534. The first-order valence-electron chi connectivity index (χ1n) is 27.2. The zero-order valence-electron chi connectivity index (χ0n) is 50.4. The van der Waals surface area contributed by atoms with E-state index in [0.717, 1.165) is 0 Å². The van der Waals surface area contributed by atoms with Gasteiger partial charge in [0, 0.05) is 10.8 Å². The zero-order chi connectivity index (χ0) is 54.1. The number of hydrogen-bond donors (Lipinski definition) is 0. The fourth-order valence-electron chi connectivity index (χ4n) is 5.23. The van der Waals surface area contributed by atoms with Gasteiger partial charge in [-0.15, -0.1) is 0 Å². The van der Waals surface area contributed by atoms with Gasteiger partial charge in [0.1, 0.15) is 11.2 Å². The maximum absolute atomic E-state index is 9.87. The molecule has 0 N–H and O–H groups in total. The zero-order valence-corrected chi connectivity index (χ0v) is 22.4. The number of hydrogen-bond acceptors (Lipinski definition) is 1. The van der Waals surface area contributed by atoms with Crippen LogP contribution in [0.3, 0.4) is 0 Å². The van der Waals surface area contributed by atoms with Crippen molar-refractivity contribution in [3.8, 4) is 44.5 Å². The van der Waals surface area contributed by atoms with Crippen molar-refractivity contribution >= 4 is 43.5 Å². The van der Waals surface area contributed by atoms with Crippen molar-refractivity contribution in [2.45, 2.75) is 0 Å². The highest BCUT2D eigenvalue weighted by Crippen LogP contribution is 2.44. The highest BCUT2D eigenvalue weighted by atomic mass is 16.3. The lowest BCUT2D eigenvalue weighted by molar-refractivity contribution is 0.669. The lowest BCUT2D eigenvalue weighted by Gasteiger charge is -2.18. The fraction of sp³-hybridized carbons (Fsp3) is 0. The van der Waals surface area contributed by atoms with Crippen LogP contribution in [0.15, 0.2) is 174 Å². The molecule has 45 heavy (non-hydrogen) atoms. The van der Waals surface area contributed by atoms with Crippen molar-refractivity contribution in [1.29, 1.82) is 0 Å². The summed E-state index contributed by atoms with van der Waals surface area (Å²) in [5.41, 5.74) is -7.56. The molecule has 9 rings (SSSR count). The summed E-state index contributed by atoms with van der Waals surface area (Å²) in [6.07, 6.45) is 0. The second-order valence-corrected chi connectivity index (χ2v) is 9.51. The van der Waals surface area contributed by atoms with Gasteiger partial charge in [-0.05, 0) is 90.2 Å². The summed E-state index contributed by atoms with van der Waals surface area (Å²) in [5.74, 6) is 0. The third-order valence-corrected chi connectivity index (χ3v) is 7.07. The largest absolute Gasteiger partial charge is 0.456 e. The standard InChI is InChI=1S/C44H28O/c1-3-13-29(14-4-1)34-23-12-24-41-44(34)39-28-32(25-26-40(39)45-41)31-17-11-18-33(27-31)43-37-21-9-7-19-35(37)42(30-15-5-2-6-16-30)36-20-8-10-22-38(36)43/h1-28H/i1D,2D,3D,4D,5D,6D,7D,8D,9D,10D,11D,12D,13D,14D,15D,16D,17D,18D,19D,20D,21D,22D,23D,24D,25D,26D,27D,28D. The molecule has 1 heterocycles. The molecule has 1 heteroatoms. The first kappa shape index (κ1) is 10.1. The molecule has 0 spiro atoms. The normalized spacial score (nSPS) is 20.3. The maximum atomic E-state index is 9.87. The summed E-state index contributed by atoms with van der Waals surface area (Å²) < 4.78 is 255. The van der Waals surface area contributed by atoms with Gasteiger partial charge in [0.2, 0.25) is 0 Å². The minimum atomic E-state index is -1.11. The third kappa shape index (κ3) is 4.17. The Hall–Kier alpha value is -5.92. The van der Waals surface area contributed by atoms with Crippen LogP contribution in [0.1, 0.15) is 38.4 Å². The highest BCUT2D eigenvalue weighted by molar-refractivity contribution is 6.21. The van der Waals surface area contributed by atoms with Crippen molar-refractivity contribution in [3.05, 3.63) is 169 Å². The van der Waals surface area contributed by atoms with Gasteiger partial charge in [-0.25, -0.2) is 0 Å². The van der Waals surface area contributed by atoms with Crippen LogP contribution in [0.5, 0.6) is 0 Å². The summed E-state index contributed by atoms with van der Waals surface area (Å²) in [7, 11) is 0. The smallest absolute Gasteiger partial charge is 0.136 e. The third-order valence-electron chi connectivity index (χ3n) is 7.07. The van der Waals surface area contributed by atoms with Gasteiger partial charge in [-0.1, -0.05) is 145 Å². The summed E-state index contributed by atoms with van der Waals surface area (Å²) in [6.45, 7) is 0. The Morgan fingerprint density at radius 3 is 1.51 bits per heavy atom. The lowest BCUT2D eigenvalue weighted by Crippen LogP contribution is -1.91. The topological polar surface area (TPSA) is 13.1 Å². The second-order valence-electron chi connectivity index (χ2n) is 9.51. The van der Waals surface area contributed by atoms with E-state index in [1.165, 1.54) is 0 Å². The molecule has 0 saturated carbocycles.